The molecule has 2 aromatic heterocycles. The summed E-state index contributed by atoms with van der Waals surface area (Å²) in [5.41, 5.74) is 4.18. The molecule has 10 heteroatoms. The number of methoxy groups -OCH3 is 1. The number of halogens is 2. The molecule has 8 nitrogen and oxygen atoms in total. The van der Waals surface area contributed by atoms with E-state index in [0.29, 0.717) is 34.2 Å². The van der Waals surface area contributed by atoms with E-state index in [-0.39, 0.29) is 37.8 Å². The van der Waals surface area contributed by atoms with Crippen LogP contribution in [0.5, 0.6) is 0 Å². The fourth-order valence-corrected chi connectivity index (χ4v) is 3.57. The number of rotatable bonds is 9. The number of ether oxygens (including phenoxy) is 1. The molecule has 0 spiro atoms. The molecule has 35 heavy (non-hydrogen) atoms. The van der Waals surface area contributed by atoms with Gasteiger partial charge in [-0.05, 0) is 47.9 Å². The van der Waals surface area contributed by atoms with Gasteiger partial charge in [-0.25, -0.2) is 9.37 Å². The van der Waals surface area contributed by atoms with E-state index in [2.05, 4.69) is 20.4 Å². The van der Waals surface area contributed by atoms with Gasteiger partial charge < -0.3 is 19.7 Å². The lowest BCUT2D eigenvalue weighted by atomic mass is 9.97. The van der Waals surface area contributed by atoms with Gasteiger partial charge in [-0.2, -0.15) is 4.98 Å². The summed E-state index contributed by atoms with van der Waals surface area (Å²) in [6.07, 6.45) is 1.60. The number of nitrogens with zero attached hydrogens (tertiary/aromatic N) is 3. The maximum atomic E-state index is 14.4. The normalized spacial score (nSPS) is 10.6. The predicted octanol–water partition coefficient (Wildman–Crippen LogP) is 5.37. The number of carboxylic acid groups (broad SMARTS) is 1. The molecule has 4 rings (SSSR count). The molecule has 0 aliphatic carbocycles. The summed E-state index contributed by atoms with van der Waals surface area (Å²) in [7, 11) is 1.58. The molecule has 0 atom stereocenters. The number of aryl methyl sites for hydroxylation is 1. The van der Waals surface area contributed by atoms with E-state index >= 15 is 0 Å². The SMILES string of the molecule is COCc1cc(-c2nc(-c3cnc(NCCC(=O)O)c(C)c3)no2)ccc1-c1ccccc1F.Cl. The Morgan fingerprint density at radius 1 is 1.14 bits per heavy atom. The molecule has 0 bridgehead atoms. The van der Waals surface area contributed by atoms with Gasteiger partial charge in [0.15, 0.2) is 0 Å². The fourth-order valence-electron chi connectivity index (χ4n) is 3.57. The zero-order valence-electron chi connectivity index (χ0n) is 19.1. The molecular formula is C25H24ClFN4O4. The third-order valence-electron chi connectivity index (χ3n) is 5.21. The van der Waals surface area contributed by atoms with Crippen LogP contribution in [0.4, 0.5) is 10.2 Å². The standard InChI is InChI=1S/C25H23FN4O4.ClH/c1-15-11-17(13-28-23(15)27-10-9-22(31)32)24-29-25(34-30-24)16-7-8-19(18(12-16)14-33-2)20-5-3-4-6-21(20)26;/h3-8,11-13H,9-10,14H2,1-2H3,(H,27,28)(H,31,32);1H. The monoisotopic (exact) mass is 498 g/mol. The van der Waals surface area contributed by atoms with E-state index in [1.165, 1.54) is 6.07 Å². The number of pyridine rings is 1. The Bertz CT molecular complexity index is 1330. The Labute approximate surface area is 207 Å². The van der Waals surface area contributed by atoms with Gasteiger partial charge in [0.2, 0.25) is 5.82 Å². The molecule has 0 unspecified atom stereocenters. The summed E-state index contributed by atoms with van der Waals surface area (Å²) < 4.78 is 25.2. The maximum absolute atomic E-state index is 14.4. The van der Waals surface area contributed by atoms with Crippen LogP contribution in [0.3, 0.4) is 0 Å². The zero-order valence-corrected chi connectivity index (χ0v) is 19.9. The summed E-state index contributed by atoms with van der Waals surface area (Å²) in [6, 6.07) is 13.9. The average Bonchev–Trinajstić information content (AvgIpc) is 3.31. The van der Waals surface area contributed by atoms with Gasteiger partial charge in [0.25, 0.3) is 5.89 Å². The van der Waals surface area contributed by atoms with Crippen molar-refractivity contribution >= 4 is 24.2 Å². The molecule has 4 aromatic rings. The van der Waals surface area contributed by atoms with Crippen LogP contribution in [-0.4, -0.2) is 39.9 Å². The van der Waals surface area contributed by atoms with Gasteiger partial charge in [-0.3, -0.25) is 4.79 Å². The quantitative estimate of drug-likeness (QED) is 0.317. The van der Waals surface area contributed by atoms with Crippen molar-refractivity contribution in [3.8, 4) is 34.0 Å². The number of anilines is 1. The first-order valence-corrected chi connectivity index (χ1v) is 10.6. The van der Waals surface area contributed by atoms with Crippen LogP contribution < -0.4 is 5.32 Å². The second kappa shape index (κ2) is 11.5. The van der Waals surface area contributed by atoms with Crippen LogP contribution in [-0.2, 0) is 16.1 Å². The summed E-state index contributed by atoms with van der Waals surface area (Å²) in [4.78, 5) is 19.5. The molecular weight excluding hydrogens is 475 g/mol. The third kappa shape index (κ3) is 6.00. The van der Waals surface area contributed by atoms with Crippen molar-refractivity contribution in [2.45, 2.75) is 20.0 Å². The molecule has 0 radical (unpaired) electrons. The van der Waals surface area contributed by atoms with E-state index in [9.17, 15) is 9.18 Å². The lowest BCUT2D eigenvalue weighted by molar-refractivity contribution is -0.136. The summed E-state index contributed by atoms with van der Waals surface area (Å²) in [5.74, 6) is 0.0951. The molecule has 0 fully saturated rings. The minimum absolute atomic E-state index is 0. The van der Waals surface area contributed by atoms with Gasteiger partial charge in [-0.1, -0.05) is 29.4 Å². The van der Waals surface area contributed by atoms with E-state index < -0.39 is 5.97 Å². The van der Waals surface area contributed by atoms with Crippen molar-refractivity contribution in [1.82, 2.24) is 15.1 Å². The maximum Gasteiger partial charge on any atom is 0.305 e. The van der Waals surface area contributed by atoms with Gasteiger partial charge in [-0.15, -0.1) is 12.4 Å². The third-order valence-corrected chi connectivity index (χ3v) is 5.21. The zero-order chi connectivity index (χ0) is 24.1. The number of benzene rings is 2. The van der Waals surface area contributed by atoms with E-state index in [1.54, 1.807) is 37.6 Å². The van der Waals surface area contributed by atoms with Gasteiger partial charge in [0.1, 0.15) is 11.6 Å². The number of hydrogen-bond acceptors (Lipinski definition) is 7. The Morgan fingerprint density at radius 2 is 1.94 bits per heavy atom. The summed E-state index contributed by atoms with van der Waals surface area (Å²) in [6.45, 7) is 2.43. The number of nitrogens with one attached hydrogen (secondary N) is 1. The lowest BCUT2D eigenvalue weighted by Gasteiger charge is -2.11. The van der Waals surface area contributed by atoms with Crippen molar-refractivity contribution in [2.24, 2.45) is 0 Å². The van der Waals surface area contributed by atoms with Crippen LogP contribution in [0, 0.1) is 12.7 Å². The van der Waals surface area contributed by atoms with Crippen molar-refractivity contribution < 1.29 is 23.6 Å². The molecule has 0 aliphatic rings. The van der Waals surface area contributed by atoms with Crippen LogP contribution in [0.25, 0.3) is 34.0 Å². The van der Waals surface area contributed by atoms with Gasteiger partial charge in [0.05, 0.1) is 13.0 Å². The van der Waals surface area contributed by atoms with Crippen molar-refractivity contribution in [3.63, 3.8) is 0 Å². The lowest BCUT2D eigenvalue weighted by Crippen LogP contribution is -2.09. The first-order chi connectivity index (χ1) is 16.5. The number of hydrogen-bond donors (Lipinski definition) is 2. The molecule has 0 saturated carbocycles. The predicted molar refractivity (Wildman–Crippen MR) is 132 cm³/mol. The van der Waals surface area contributed by atoms with E-state index in [4.69, 9.17) is 14.4 Å². The number of aliphatic carboxylic acids is 1. The van der Waals surface area contributed by atoms with Crippen LogP contribution >= 0.6 is 12.4 Å². The van der Waals surface area contributed by atoms with Crippen LogP contribution in [0.2, 0.25) is 0 Å². The highest BCUT2D eigenvalue weighted by Crippen LogP contribution is 2.31. The Hall–Kier alpha value is -3.82. The van der Waals surface area contributed by atoms with Crippen molar-refractivity contribution in [1.29, 1.82) is 0 Å². The number of carbonyl (C=O) groups is 1. The summed E-state index contributed by atoms with van der Waals surface area (Å²) >= 11 is 0. The second-order valence-electron chi connectivity index (χ2n) is 7.67. The minimum Gasteiger partial charge on any atom is -0.481 e. The van der Waals surface area contributed by atoms with Crippen LogP contribution in [0.1, 0.15) is 17.5 Å². The average molecular weight is 499 g/mol. The highest BCUT2D eigenvalue weighted by Gasteiger charge is 2.16. The first-order valence-electron chi connectivity index (χ1n) is 10.6. The van der Waals surface area contributed by atoms with Crippen molar-refractivity contribution in [3.05, 3.63) is 71.7 Å². The van der Waals surface area contributed by atoms with Gasteiger partial charge in [0, 0.05) is 36.5 Å². The molecule has 2 heterocycles. The highest BCUT2D eigenvalue weighted by molar-refractivity contribution is 5.85. The molecule has 182 valence electrons. The topological polar surface area (TPSA) is 110 Å². The molecule has 2 N–H and O–H groups in total. The largest absolute Gasteiger partial charge is 0.481 e. The van der Waals surface area contributed by atoms with Crippen molar-refractivity contribution in [2.75, 3.05) is 19.0 Å². The smallest absolute Gasteiger partial charge is 0.305 e. The number of aromatic nitrogens is 3. The molecule has 0 saturated heterocycles. The van der Waals surface area contributed by atoms with Gasteiger partial charge >= 0.3 is 5.97 Å². The fraction of sp³-hybridized carbons (Fsp3) is 0.200. The Morgan fingerprint density at radius 3 is 2.66 bits per heavy atom. The first kappa shape index (κ1) is 25.8. The highest BCUT2D eigenvalue weighted by atomic mass is 35.5. The molecule has 0 amide bonds. The Kier molecular flexibility index (Phi) is 8.51. The van der Waals surface area contributed by atoms with E-state index in [1.807, 2.05) is 25.1 Å². The molecule has 0 aliphatic heterocycles. The van der Waals surface area contributed by atoms with E-state index in [0.717, 1.165) is 16.7 Å². The molecule has 2 aromatic carbocycles. The second-order valence-corrected chi connectivity index (χ2v) is 7.67. The number of carboxylic acids is 1. The van der Waals surface area contributed by atoms with Crippen LogP contribution in [0.15, 0.2) is 59.3 Å². The summed E-state index contributed by atoms with van der Waals surface area (Å²) in [5, 5.41) is 15.8. The Balaban J connectivity index is 0.00000342. The minimum atomic E-state index is -0.878.